The maximum Gasteiger partial charge on any atom is 0.247 e. The van der Waals surface area contributed by atoms with Crippen molar-refractivity contribution in [1.29, 1.82) is 0 Å². The number of nitrogens with one attached hydrogen (secondary N) is 1. The number of carbonyl (C=O) groups excluding carboxylic acids is 1. The van der Waals surface area contributed by atoms with Gasteiger partial charge in [-0.25, -0.2) is 4.68 Å². The highest BCUT2D eigenvalue weighted by molar-refractivity contribution is 5.80. The highest BCUT2D eigenvalue weighted by atomic mass is 35.5. The molecule has 1 saturated heterocycles. The second-order valence-corrected chi connectivity index (χ2v) is 6.12. The van der Waals surface area contributed by atoms with Crippen molar-refractivity contribution in [3.8, 4) is 0 Å². The number of aromatic nitrogens is 3. The second kappa shape index (κ2) is 10.6. The first-order valence-corrected chi connectivity index (χ1v) is 8.40. The van der Waals surface area contributed by atoms with Crippen molar-refractivity contribution in [1.82, 2.24) is 25.2 Å². The average Bonchev–Trinajstić information content (AvgIpc) is 2.99. The Hall–Kier alpha value is -1.22. The Morgan fingerprint density at radius 2 is 2.12 bits per heavy atom. The lowest BCUT2D eigenvalue weighted by Gasteiger charge is -2.30. The molecule has 1 aliphatic heterocycles. The van der Waals surface area contributed by atoms with Crippen LogP contribution in [0.4, 0.5) is 0 Å². The SMILES string of the molecule is CC(O)Cc1cn([C@@H](CCCCN)C(=O)N2CCNCC2)nn1.[Cl-]. The fraction of sp³-hybridized carbons (Fsp3) is 0.800. The van der Waals surface area contributed by atoms with E-state index < -0.39 is 6.10 Å². The van der Waals surface area contributed by atoms with Gasteiger partial charge in [0.25, 0.3) is 0 Å². The van der Waals surface area contributed by atoms with Crippen molar-refractivity contribution in [2.75, 3.05) is 32.7 Å². The highest BCUT2D eigenvalue weighted by Crippen LogP contribution is 2.18. The molecule has 1 amide bonds. The monoisotopic (exact) mass is 359 g/mol. The van der Waals surface area contributed by atoms with E-state index in [9.17, 15) is 9.90 Å². The largest absolute Gasteiger partial charge is 1.00 e. The summed E-state index contributed by atoms with van der Waals surface area (Å²) in [5.74, 6) is 0.0945. The third kappa shape index (κ3) is 6.01. The normalized spacial score (nSPS) is 17.2. The van der Waals surface area contributed by atoms with Crippen LogP contribution < -0.4 is 23.5 Å². The average molecular weight is 360 g/mol. The minimum absolute atomic E-state index is 0. The number of unbranched alkanes of at least 4 members (excludes halogenated alkanes) is 1. The van der Waals surface area contributed by atoms with Gasteiger partial charge in [-0.15, -0.1) is 5.10 Å². The van der Waals surface area contributed by atoms with E-state index in [2.05, 4.69) is 15.6 Å². The first kappa shape index (κ1) is 20.8. The molecule has 1 aliphatic rings. The third-order valence-electron chi connectivity index (χ3n) is 4.03. The molecule has 138 valence electrons. The van der Waals surface area contributed by atoms with Crippen LogP contribution >= 0.6 is 0 Å². The van der Waals surface area contributed by atoms with Crippen LogP contribution in [0, 0.1) is 0 Å². The van der Waals surface area contributed by atoms with Gasteiger partial charge in [-0.05, 0) is 32.7 Å². The molecular weight excluding hydrogens is 332 g/mol. The third-order valence-corrected chi connectivity index (χ3v) is 4.03. The molecule has 0 aromatic carbocycles. The number of rotatable bonds is 8. The summed E-state index contributed by atoms with van der Waals surface area (Å²) in [7, 11) is 0. The van der Waals surface area contributed by atoms with Crippen LogP contribution in [0.3, 0.4) is 0 Å². The Morgan fingerprint density at radius 3 is 2.75 bits per heavy atom. The number of piperazine rings is 1. The summed E-state index contributed by atoms with van der Waals surface area (Å²) in [5, 5.41) is 20.9. The standard InChI is InChI=1S/C15H28N6O2.ClH/c1-12(22)10-13-11-21(19-18-13)14(4-2-3-5-16)15(23)20-8-6-17-7-9-20;/h11-12,14,17,22H,2-10,16H2,1H3;1H/p-1/t12?,14-;/m0./s1. The molecular formula is C15H28ClN6O2-. The van der Waals surface area contributed by atoms with Crippen molar-refractivity contribution in [2.45, 2.75) is 44.8 Å². The minimum atomic E-state index is -0.472. The number of amides is 1. The van der Waals surface area contributed by atoms with Gasteiger partial charge in [-0.3, -0.25) is 4.79 Å². The first-order valence-electron chi connectivity index (χ1n) is 8.40. The van der Waals surface area contributed by atoms with Crippen LogP contribution in [0.15, 0.2) is 6.20 Å². The quantitative estimate of drug-likeness (QED) is 0.412. The van der Waals surface area contributed by atoms with Crippen molar-refractivity contribution < 1.29 is 22.3 Å². The van der Waals surface area contributed by atoms with E-state index in [1.165, 1.54) is 0 Å². The molecule has 0 radical (unpaired) electrons. The summed E-state index contributed by atoms with van der Waals surface area (Å²) in [6, 6.07) is -0.338. The molecule has 0 spiro atoms. The van der Waals surface area contributed by atoms with E-state index in [-0.39, 0.29) is 24.4 Å². The molecule has 2 rings (SSSR count). The summed E-state index contributed by atoms with van der Waals surface area (Å²) in [6.07, 6.45) is 4.22. The predicted molar refractivity (Wildman–Crippen MR) is 86.8 cm³/mol. The van der Waals surface area contributed by atoms with Crippen LogP contribution in [-0.4, -0.2) is 69.7 Å². The molecule has 1 aromatic rings. The van der Waals surface area contributed by atoms with Crippen LogP contribution in [0.5, 0.6) is 0 Å². The van der Waals surface area contributed by atoms with Gasteiger partial charge in [0.15, 0.2) is 0 Å². The number of nitrogens with zero attached hydrogens (tertiary/aromatic N) is 4. The zero-order chi connectivity index (χ0) is 16.7. The molecule has 8 nitrogen and oxygen atoms in total. The lowest BCUT2D eigenvalue weighted by Crippen LogP contribution is -3.00. The number of halogens is 1. The lowest BCUT2D eigenvalue weighted by atomic mass is 10.1. The molecule has 2 atom stereocenters. The molecule has 24 heavy (non-hydrogen) atoms. The minimum Gasteiger partial charge on any atom is -1.00 e. The van der Waals surface area contributed by atoms with Gasteiger partial charge < -0.3 is 33.5 Å². The lowest BCUT2D eigenvalue weighted by molar-refractivity contribution is -0.136. The van der Waals surface area contributed by atoms with Gasteiger partial charge in [0.2, 0.25) is 5.91 Å². The van der Waals surface area contributed by atoms with Crippen LogP contribution in [0.25, 0.3) is 0 Å². The molecule has 1 unspecified atom stereocenters. The van der Waals surface area contributed by atoms with E-state index in [4.69, 9.17) is 5.73 Å². The molecule has 1 aromatic heterocycles. The number of carbonyl (C=O) groups is 1. The van der Waals surface area contributed by atoms with E-state index in [1.807, 2.05) is 4.90 Å². The second-order valence-electron chi connectivity index (χ2n) is 6.12. The summed E-state index contributed by atoms with van der Waals surface area (Å²) >= 11 is 0. The molecule has 2 heterocycles. The summed E-state index contributed by atoms with van der Waals surface area (Å²) in [6.45, 7) is 5.43. The summed E-state index contributed by atoms with van der Waals surface area (Å²) in [5.41, 5.74) is 6.27. The Balaban J connectivity index is 0.00000288. The topological polar surface area (TPSA) is 109 Å². The number of hydrogen-bond donors (Lipinski definition) is 3. The Bertz CT molecular complexity index is 490. The van der Waals surface area contributed by atoms with Crippen molar-refractivity contribution >= 4 is 5.91 Å². The van der Waals surface area contributed by atoms with E-state index >= 15 is 0 Å². The number of aliphatic hydroxyl groups is 1. The van der Waals surface area contributed by atoms with Crippen molar-refractivity contribution in [2.24, 2.45) is 5.73 Å². The molecule has 4 N–H and O–H groups in total. The van der Waals surface area contributed by atoms with Gasteiger partial charge in [0, 0.05) is 38.8 Å². The van der Waals surface area contributed by atoms with Crippen molar-refractivity contribution in [3.05, 3.63) is 11.9 Å². The van der Waals surface area contributed by atoms with Gasteiger partial charge in [0.05, 0.1) is 11.8 Å². The van der Waals surface area contributed by atoms with E-state index in [1.54, 1.807) is 17.8 Å². The zero-order valence-corrected chi connectivity index (χ0v) is 15.0. The highest BCUT2D eigenvalue weighted by Gasteiger charge is 2.27. The number of aliphatic hydroxyl groups excluding tert-OH is 1. The maximum atomic E-state index is 12.9. The summed E-state index contributed by atoms with van der Waals surface area (Å²) in [4.78, 5) is 14.7. The fourth-order valence-electron chi connectivity index (χ4n) is 2.81. The molecule has 1 fully saturated rings. The zero-order valence-electron chi connectivity index (χ0n) is 14.2. The molecule has 0 bridgehead atoms. The number of nitrogens with two attached hydrogens (primary N) is 1. The van der Waals surface area contributed by atoms with Gasteiger partial charge >= 0.3 is 0 Å². The van der Waals surface area contributed by atoms with Gasteiger partial charge in [0.1, 0.15) is 6.04 Å². The fourth-order valence-corrected chi connectivity index (χ4v) is 2.81. The van der Waals surface area contributed by atoms with Crippen LogP contribution in [0.1, 0.15) is 37.9 Å². The van der Waals surface area contributed by atoms with Gasteiger partial charge in [-0.2, -0.15) is 0 Å². The Morgan fingerprint density at radius 1 is 1.42 bits per heavy atom. The summed E-state index contributed by atoms with van der Waals surface area (Å²) < 4.78 is 1.65. The van der Waals surface area contributed by atoms with Crippen LogP contribution in [0.2, 0.25) is 0 Å². The van der Waals surface area contributed by atoms with E-state index in [0.717, 1.165) is 39.0 Å². The predicted octanol–water partition coefficient (Wildman–Crippen LogP) is -3.69. The maximum absolute atomic E-state index is 12.9. The number of hydrogen-bond acceptors (Lipinski definition) is 6. The van der Waals surface area contributed by atoms with Crippen LogP contribution in [-0.2, 0) is 11.2 Å². The molecule has 0 aliphatic carbocycles. The van der Waals surface area contributed by atoms with Crippen molar-refractivity contribution in [3.63, 3.8) is 0 Å². The molecule has 9 heteroatoms. The van der Waals surface area contributed by atoms with E-state index in [0.29, 0.717) is 25.1 Å². The molecule has 0 saturated carbocycles. The first-order chi connectivity index (χ1) is 11.1. The van der Waals surface area contributed by atoms with Gasteiger partial charge in [-0.1, -0.05) is 5.21 Å². The Labute approximate surface area is 149 Å². The smallest absolute Gasteiger partial charge is 0.247 e. The Kier molecular flexibility index (Phi) is 9.20.